The fourth-order valence-corrected chi connectivity index (χ4v) is 2.96. The predicted molar refractivity (Wildman–Crippen MR) is 77.9 cm³/mol. The topological polar surface area (TPSA) is 24.9 Å². The van der Waals surface area contributed by atoms with Gasteiger partial charge in [0.2, 0.25) is 0 Å². The summed E-state index contributed by atoms with van der Waals surface area (Å²) in [7, 11) is 0. The van der Waals surface area contributed by atoms with E-state index in [1.54, 1.807) is 0 Å². The molecule has 2 aromatic rings. The number of nitrogens with zero attached hydrogens (tertiary/aromatic N) is 1. The second-order valence-electron chi connectivity index (χ2n) is 4.52. The number of nitrogens with one attached hydrogen (secondary N) is 1. The SMILES string of the molecule is CCc1ccc(C(C)N[C@@H](C)c2ccccn2)s1. The lowest BCUT2D eigenvalue weighted by Crippen LogP contribution is -2.22. The van der Waals surface area contributed by atoms with E-state index in [9.17, 15) is 0 Å². The van der Waals surface area contributed by atoms with Crippen LogP contribution in [0.15, 0.2) is 36.5 Å². The van der Waals surface area contributed by atoms with Crippen molar-refractivity contribution < 1.29 is 0 Å². The molecule has 0 aliphatic carbocycles. The molecule has 1 N–H and O–H groups in total. The molecule has 0 saturated carbocycles. The average Bonchev–Trinajstić information content (AvgIpc) is 2.88. The molecule has 2 heterocycles. The molecule has 18 heavy (non-hydrogen) atoms. The summed E-state index contributed by atoms with van der Waals surface area (Å²) in [5.41, 5.74) is 1.09. The van der Waals surface area contributed by atoms with Crippen LogP contribution < -0.4 is 5.32 Å². The van der Waals surface area contributed by atoms with Crippen LogP contribution in [0.5, 0.6) is 0 Å². The van der Waals surface area contributed by atoms with Gasteiger partial charge >= 0.3 is 0 Å². The average molecular weight is 260 g/mol. The summed E-state index contributed by atoms with van der Waals surface area (Å²) in [6, 6.07) is 11.1. The van der Waals surface area contributed by atoms with Crippen LogP contribution in [0.4, 0.5) is 0 Å². The van der Waals surface area contributed by atoms with Gasteiger partial charge in [-0.2, -0.15) is 0 Å². The second-order valence-corrected chi connectivity index (χ2v) is 5.72. The Morgan fingerprint density at radius 3 is 2.61 bits per heavy atom. The van der Waals surface area contributed by atoms with E-state index in [1.807, 2.05) is 29.7 Å². The van der Waals surface area contributed by atoms with E-state index in [-0.39, 0.29) is 6.04 Å². The first-order valence-electron chi connectivity index (χ1n) is 6.46. The van der Waals surface area contributed by atoms with E-state index >= 15 is 0 Å². The fourth-order valence-electron chi connectivity index (χ4n) is 1.99. The maximum absolute atomic E-state index is 4.39. The maximum Gasteiger partial charge on any atom is 0.0570 e. The number of hydrogen-bond acceptors (Lipinski definition) is 3. The molecule has 2 rings (SSSR count). The van der Waals surface area contributed by atoms with Gasteiger partial charge < -0.3 is 5.32 Å². The summed E-state index contributed by atoms with van der Waals surface area (Å²) >= 11 is 1.90. The van der Waals surface area contributed by atoms with Gasteiger partial charge in [-0.1, -0.05) is 13.0 Å². The largest absolute Gasteiger partial charge is 0.301 e. The molecule has 0 spiro atoms. The number of pyridine rings is 1. The van der Waals surface area contributed by atoms with Gasteiger partial charge in [0.25, 0.3) is 0 Å². The lowest BCUT2D eigenvalue weighted by Gasteiger charge is -2.18. The van der Waals surface area contributed by atoms with Crippen LogP contribution in [0.3, 0.4) is 0 Å². The number of hydrogen-bond donors (Lipinski definition) is 1. The molecule has 0 radical (unpaired) electrons. The molecule has 0 aliphatic rings. The zero-order valence-electron chi connectivity index (χ0n) is 11.2. The summed E-state index contributed by atoms with van der Waals surface area (Å²) in [5, 5.41) is 3.60. The summed E-state index contributed by atoms with van der Waals surface area (Å²) in [5.74, 6) is 0. The highest BCUT2D eigenvalue weighted by Crippen LogP contribution is 2.25. The van der Waals surface area contributed by atoms with Crippen molar-refractivity contribution in [3.8, 4) is 0 Å². The van der Waals surface area contributed by atoms with Crippen LogP contribution in [0.1, 0.15) is 48.3 Å². The molecule has 2 aromatic heterocycles. The Balaban J connectivity index is 2.01. The van der Waals surface area contributed by atoms with Crippen LogP contribution >= 0.6 is 11.3 Å². The van der Waals surface area contributed by atoms with Gasteiger partial charge in [0.05, 0.1) is 5.69 Å². The molecule has 2 nitrogen and oxygen atoms in total. The van der Waals surface area contributed by atoms with Crippen molar-refractivity contribution in [2.75, 3.05) is 0 Å². The molecule has 0 fully saturated rings. The summed E-state index contributed by atoms with van der Waals surface area (Å²) < 4.78 is 0. The quantitative estimate of drug-likeness (QED) is 0.875. The van der Waals surface area contributed by atoms with E-state index < -0.39 is 0 Å². The van der Waals surface area contributed by atoms with Crippen molar-refractivity contribution in [2.45, 2.75) is 39.3 Å². The molecular weight excluding hydrogens is 240 g/mol. The standard InChI is InChI=1S/C15H20N2S/c1-4-13-8-9-15(18-13)12(3)17-11(2)14-7-5-6-10-16-14/h5-12,17H,4H2,1-3H3/t11-,12?/m0/s1. The molecular formula is C15H20N2S. The number of aryl methyl sites for hydroxylation is 1. The van der Waals surface area contributed by atoms with Gasteiger partial charge in [0.15, 0.2) is 0 Å². The molecule has 3 heteroatoms. The van der Waals surface area contributed by atoms with E-state index in [0.29, 0.717) is 6.04 Å². The van der Waals surface area contributed by atoms with E-state index in [1.165, 1.54) is 9.75 Å². The normalized spacial score (nSPS) is 14.4. The monoisotopic (exact) mass is 260 g/mol. The maximum atomic E-state index is 4.39. The van der Waals surface area contributed by atoms with Gasteiger partial charge in [0.1, 0.15) is 0 Å². The van der Waals surface area contributed by atoms with Crippen molar-refractivity contribution in [3.63, 3.8) is 0 Å². The Labute approximate surface area is 113 Å². The van der Waals surface area contributed by atoms with Crippen LogP contribution in [0, 0.1) is 0 Å². The van der Waals surface area contributed by atoms with Crippen molar-refractivity contribution in [2.24, 2.45) is 0 Å². The van der Waals surface area contributed by atoms with Crippen LogP contribution in [0.25, 0.3) is 0 Å². The Kier molecular flexibility index (Phi) is 4.50. The summed E-state index contributed by atoms with van der Waals surface area (Å²) in [6.07, 6.45) is 2.96. The smallest absolute Gasteiger partial charge is 0.0570 e. The molecule has 0 aliphatic heterocycles. The number of thiophene rings is 1. The Morgan fingerprint density at radius 2 is 2.00 bits per heavy atom. The molecule has 96 valence electrons. The zero-order chi connectivity index (χ0) is 13.0. The van der Waals surface area contributed by atoms with Crippen molar-refractivity contribution in [3.05, 3.63) is 52.0 Å². The van der Waals surface area contributed by atoms with E-state index in [0.717, 1.165) is 12.1 Å². The highest BCUT2D eigenvalue weighted by molar-refractivity contribution is 7.12. The summed E-state index contributed by atoms with van der Waals surface area (Å²) in [4.78, 5) is 7.23. The minimum absolute atomic E-state index is 0.272. The Bertz CT molecular complexity index is 478. The lowest BCUT2D eigenvalue weighted by molar-refractivity contribution is 0.491. The van der Waals surface area contributed by atoms with Crippen LogP contribution in [-0.2, 0) is 6.42 Å². The summed E-state index contributed by atoms with van der Waals surface area (Å²) in [6.45, 7) is 6.57. The fraction of sp³-hybridized carbons (Fsp3) is 0.400. The number of aromatic nitrogens is 1. The minimum Gasteiger partial charge on any atom is -0.301 e. The minimum atomic E-state index is 0.272. The van der Waals surface area contributed by atoms with Crippen molar-refractivity contribution >= 4 is 11.3 Å². The first-order chi connectivity index (χ1) is 8.70. The van der Waals surface area contributed by atoms with E-state index in [4.69, 9.17) is 0 Å². The second kappa shape index (κ2) is 6.12. The highest BCUT2D eigenvalue weighted by atomic mass is 32.1. The highest BCUT2D eigenvalue weighted by Gasteiger charge is 2.13. The van der Waals surface area contributed by atoms with Crippen molar-refractivity contribution in [1.29, 1.82) is 0 Å². The third-order valence-electron chi connectivity index (χ3n) is 3.09. The lowest BCUT2D eigenvalue weighted by atomic mass is 10.1. The van der Waals surface area contributed by atoms with E-state index in [2.05, 4.69) is 49.3 Å². The molecule has 0 amide bonds. The first kappa shape index (κ1) is 13.2. The third-order valence-corrected chi connectivity index (χ3v) is 4.50. The third kappa shape index (κ3) is 3.18. The van der Waals surface area contributed by atoms with Crippen LogP contribution in [0.2, 0.25) is 0 Å². The van der Waals surface area contributed by atoms with Crippen LogP contribution in [-0.4, -0.2) is 4.98 Å². The predicted octanol–water partition coefficient (Wildman–Crippen LogP) is 4.12. The molecule has 1 unspecified atom stereocenters. The number of rotatable bonds is 5. The molecule has 2 atom stereocenters. The zero-order valence-corrected chi connectivity index (χ0v) is 12.0. The molecule has 0 aromatic carbocycles. The molecule has 0 bridgehead atoms. The molecule has 0 saturated heterocycles. The van der Waals surface area contributed by atoms with Gasteiger partial charge in [-0.15, -0.1) is 11.3 Å². The Morgan fingerprint density at radius 1 is 1.17 bits per heavy atom. The van der Waals surface area contributed by atoms with Gasteiger partial charge in [0, 0.05) is 28.0 Å². The Hall–Kier alpha value is -1.19. The first-order valence-corrected chi connectivity index (χ1v) is 7.28. The van der Waals surface area contributed by atoms with Gasteiger partial charge in [-0.05, 0) is 44.5 Å². The van der Waals surface area contributed by atoms with Gasteiger partial charge in [-0.25, -0.2) is 0 Å². The van der Waals surface area contributed by atoms with Crippen molar-refractivity contribution in [1.82, 2.24) is 10.3 Å². The van der Waals surface area contributed by atoms with Gasteiger partial charge in [-0.3, -0.25) is 4.98 Å².